The van der Waals surface area contributed by atoms with Gasteiger partial charge in [0, 0.05) is 11.7 Å². The largest absolute Gasteiger partial charge is 0.508 e. The molecule has 12 heteroatoms. The number of halogens is 5. The molecule has 1 aromatic heterocycles. The molecule has 1 aliphatic carbocycles. The van der Waals surface area contributed by atoms with E-state index >= 15 is 0 Å². The van der Waals surface area contributed by atoms with Crippen LogP contribution in [-0.2, 0) is 11.0 Å². The molecule has 4 rings (SSSR count). The maximum atomic E-state index is 13.8. The van der Waals surface area contributed by atoms with Gasteiger partial charge in [0.25, 0.3) is 5.91 Å². The van der Waals surface area contributed by atoms with Crippen LogP contribution in [0.25, 0.3) is 0 Å². The Morgan fingerprint density at radius 2 is 1.78 bits per heavy atom. The van der Waals surface area contributed by atoms with E-state index in [1.54, 1.807) is 0 Å². The van der Waals surface area contributed by atoms with Crippen LogP contribution in [0.15, 0.2) is 48.5 Å². The lowest BCUT2D eigenvalue weighted by molar-refractivity contribution is -0.137. The predicted molar refractivity (Wildman–Crippen MR) is 132 cm³/mol. The van der Waals surface area contributed by atoms with Crippen LogP contribution in [0.3, 0.4) is 0 Å². The smallest absolute Gasteiger partial charge is 0.416 e. The molecule has 190 valence electrons. The molecule has 1 heterocycles. The number of phenolic OH excluding ortho intramolecular Hbond substituents is 1. The van der Waals surface area contributed by atoms with Crippen LogP contribution in [0.5, 0.6) is 5.75 Å². The third kappa shape index (κ3) is 5.61. The summed E-state index contributed by atoms with van der Waals surface area (Å²) in [7, 11) is 0. The average molecular weight is 558 g/mol. The lowest BCUT2D eigenvalue weighted by atomic mass is 10.0. The highest BCUT2D eigenvalue weighted by Gasteiger charge is 2.38. The molecule has 36 heavy (non-hydrogen) atoms. The number of nitrogens with one attached hydrogen (secondary N) is 1. The Morgan fingerprint density at radius 1 is 1.11 bits per heavy atom. The molecule has 1 atom stereocenters. The van der Waals surface area contributed by atoms with Gasteiger partial charge in [-0.3, -0.25) is 14.5 Å². The highest BCUT2D eigenvalue weighted by atomic mass is 35.5. The number of hydrogen-bond acceptors (Lipinski definition) is 5. The first kappa shape index (κ1) is 26.2. The normalized spacial score (nSPS) is 15.0. The maximum Gasteiger partial charge on any atom is 0.416 e. The zero-order valence-electron chi connectivity index (χ0n) is 18.6. The Bertz CT molecular complexity index is 1260. The minimum Gasteiger partial charge on any atom is -0.508 e. The molecular weight excluding hydrogens is 538 g/mol. The standard InChI is InChI=1S/C24H20Cl2F3N3O3S/c25-18-19(31-36-21(18)26)23(35)32(16-7-3-4-14(12-16)24(27,28)29)20(13-8-10-17(33)11-9-13)22(34)30-15-5-1-2-6-15/h3-4,7-12,15,20,33H,1-2,5-6H2,(H,30,34)/t20-/m0/s1. The molecule has 0 spiro atoms. The van der Waals surface area contributed by atoms with Gasteiger partial charge in [0.05, 0.1) is 5.56 Å². The minimum absolute atomic E-state index is 0.0283. The van der Waals surface area contributed by atoms with E-state index < -0.39 is 29.6 Å². The van der Waals surface area contributed by atoms with Crippen molar-refractivity contribution in [3.63, 3.8) is 0 Å². The Morgan fingerprint density at radius 3 is 2.36 bits per heavy atom. The second-order valence-electron chi connectivity index (χ2n) is 8.33. The molecule has 6 nitrogen and oxygen atoms in total. The number of aromatic hydroxyl groups is 1. The van der Waals surface area contributed by atoms with Crippen LogP contribution in [0, 0.1) is 0 Å². The van der Waals surface area contributed by atoms with Crippen LogP contribution < -0.4 is 10.2 Å². The number of rotatable bonds is 6. The molecule has 0 radical (unpaired) electrons. The number of amides is 2. The first-order chi connectivity index (χ1) is 17.1. The van der Waals surface area contributed by atoms with Crippen molar-refractivity contribution in [2.45, 2.75) is 43.9 Å². The fourth-order valence-electron chi connectivity index (χ4n) is 4.15. The van der Waals surface area contributed by atoms with Crippen LogP contribution in [0.2, 0.25) is 9.36 Å². The summed E-state index contributed by atoms with van der Waals surface area (Å²) in [5.41, 5.74) is -1.21. The molecular formula is C24H20Cl2F3N3O3S. The number of phenols is 1. The molecule has 1 saturated carbocycles. The van der Waals surface area contributed by atoms with Gasteiger partial charge in [0.1, 0.15) is 21.2 Å². The third-order valence-electron chi connectivity index (χ3n) is 5.89. The zero-order valence-corrected chi connectivity index (χ0v) is 20.9. The van der Waals surface area contributed by atoms with E-state index in [0.717, 1.165) is 60.3 Å². The Balaban J connectivity index is 1.88. The quantitative estimate of drug-likeness (QED) is 0.356. The first-order valence-corrected chi connectivity index (χ1v) is 12.5. The second kappa shape index (κ2) is 10.7. The topological polar surface area (TPSA) is 82.5 Å². The first-order valence-electron chi connectivity index (χ1n) is 11.0. The number of benzene rings is 2. The van der Waals surface area contributed by atoms with Gasteiger partial charge in [0.2, 0.25) is 5.91 Å². The third-order valence-corrected chi connectivity index (χ3v) is 7.50. The number of hydrogen-bond donors (Lipinski definition) is 2. The molecule has 0 unspecified atom stereocenters. The summed E-state index contributed by atoms with van der Waals surface area (Å²) in [5.74, 6) is -1.57. The van der Waals surface area contributed by atoms with Gasteiger partial charge in [-0.05, 0) is 60.3 Å². The predicted octanol–water partition coefficient (Wildman–Crippen LogP) is 6.62. The highest BCUT2D eigenvalue weighted by molar-refractivity contribution is 7.11. The SMILES string of the molecule is O=C(NC1CCCC1)[C@H](c1ccc(O)cc1)N(C(=O)c1nsc(Cl)c1Cl)c1cccc(C(F)(F)F)c1. The van der Waals surface area contributed by atoms with E-state index in [2.05, 4.69) is 9.69 Å². The van der Waals surface area contributed by atoms with Crippen molar-refractivity contribution in [3.05, 3.63) is 74.7 Å². The average Bonchev–Trinajstić information content (AvgIpc) is 3.47. The number of carbonyl (C=O) groups excluding carboxylic acids is 2. The molecule has 0 aliphatic heterocycles. The summed E-state index contributed by atoms with van der Waals surface area (Å²) < 4.78 is 44.7. The summed E-state index contributed by atoms with van der Waals surface area (Å²) in [6, 6.07) is 8.09. The Kier molecular flexibility index (Phi) is 7.77. The van der Waals surface area contributed by atoms with Crippen molar-refractivity contribution in [2.24, 2.45) is 0 Å². The van der Waals surface area contributed by atoms with Crippen LogP contribution >= 0.6 is 34.7 Å². The van der Waals surface area contributed by atoms with Crippen molar-refractivity contribution >= 4 is 52.2 Å². The summed E-state index contributed by atoms with van der Waals surface area (Å²) in [6.45, 7) is 0. The van der Waals surface area contributed by atoms with Crippen molar-refractivity contribution in [2.75, 3.05) is 4.90 Å². The number of alkyl halides is 3. The van der Waals surface area contributed by atoms with Crippen molar-refractivity contribution in [3.8, 4) is 5.75 Å². The number of nitrogens with zero attached hydrogens (tertiary/aromatic N) is 2. The summed E-state index contributed by atoms with van der Waals surface area (Å²) in [6.07, 6.45) is -1.33. The van der Waals surface area contributed by atoms with E-state index in [1.165, 1.54) is 30.3 Å². The van der Waals surface area contributed by atoms with Gasteiger partial charge >= 0.3 is 6.18 Å². The van der Waals surface area contributed by atoms with E-state index in [4.69, 9.17) is 23.2 Å². The molecule has 2 aromatic carbocycles. The van der Waals surface area contributed by atoms with E-state index in [9.17, 15) is 27.9 Å². The Labute approximate surface area is 218 Å². The molecule has 1 fully saturated rings. The molecule has 2 N–H and O–H groups in total. The summed E-state index contributed by atoms with van der Waals surface area (Å²) in [4.78, 5) is 28.4. The van der Waals surface area contributed by atoms with Gasteiger partial charge in [0.15, 0.2) is 5.69 Å². The van der Waals surface area contributed by atoms with E-state index in [1.807, 2.05) is 0 Å². The second-order valence-corrected chi connectivity index (χ2v) is 10.1. The van der Waals surface area contributed by atoms with Gasteiger partial charge in [-0.25, -0.2) is 0 Å². The zero-order chi connectivity index (χ0) is 26.0. The summed E-state index contributed by atoms with van der Waals surface area (Å²) >= 11 is 12.9. The molecule has 0 bridgehead atoms. The molecule has 2 amide bonds. The highest BCUT2D eigenvalue weighted by Crippen LogP contribution is 2.38. The monoisotopic (exact) mass is 557 g/mol. The Hall–Kier alpha value is -2.82. The van der Waals surface area contributed by atoms with Gasteiger partial charge in [-0.15, -0.1) is 0 Å². The van der Waals surface area contributed by atoms with Crippen LogP contribution in [0.4, 0.5) is 18.9 Å². The lowest BCUT2D eigenvalue weighted by Crippen LogP contribution is -2.46. The summed E-state index contributed by atoms with van der Waals surface area (Å²) in [5, 5.41) is 12.5. The van der Waals surface area contributed by atoms with Crippen molar-refractivity contribution in [1.29, 1.82) is 0 Å². The van der Waals surface area contributed by atoms with Gasteiger partial charge in [-0.2, -0.15) is 17.5 Å². The van der Waals surface area contributed by atoms with E-state index in [0.29, 0.717) is 0 Å². The number of aromatic nitrogens is 1. The lowest BCUT2D eigenvalue weighted by Gasteiger charge is -2.32. The number of carbonyl (C=O) groups is 2. The van der Waals surface area contributed by atoms with Crippen molar-refractivity contribution < 1.29 is 27.9 Å². The fourth-order valence-corrected chi connectivity index (χ4v) is 5.13. The van der Waals surface area contributed by atoms with Gasteiger partial charge < -0.3 is 10.4 Å². The van der Waals surface area contributed by atoms with Crippen LogP contribution in [-0.4, -0.2) is 27.3 Å². The molecule has 3 aromatic rings. The number of anilines is 1. The maximum absolute atomic E-state index is 13.8. The molecule has 1 aliphatic rings. The van der Waals surface area contributed by atoms with Crippen LogP contribution in [0.1, 0.15) is 53.3 Å². The minimum atomic E-state index is -4.69. The van der Waals surface area contributed by atoms with Gasteiger partial charge in [-0.1, -0.05) is 54.2 Å². The van der Waals surface area contributed by atoms with Crippen molar-refractivity contribution in [1.82, 2.24) is 9.69 Å². The van der Waals surface area contributed by atoms with E-state index in [-0.39, 0.29) is 38.1 Å². The fraction of sp³-hybridized carbons (Fsp3) is 0.292. The molecule has 0 saturated heterocycles.